The summed E-state index contributed by atoms with van der Waals surface area (Å²) in [7, 11) is -3.48. The molecule has 0 bridgehead atoms. The van der Waals surface area contributed by atoms with Crippen LogP contribution in [-0.2, 0) is 19.6 Å². The van der Waals surface area contributed by atoms with Crippen molar-refractivity contribution in [1.82, 2.24) is 9.21 Å². The Morgan fingerprint density at radius 3 is 2.15 bits per heavy atom. The molecule has 2 saturated heterocycles. The first-order valence-corrected chi connectivity index (χ1v) is 11.5. The zero-order valence-corrected chi connectivity index (χ0v) is 16.5. The van der Waals surface area contributed by atoms with Crippen molar-refractivity contribution in [3.63, 3.8) is 0 Å². The molecule has 3 fully saturated rings. The molecule has 1 saturated carbocycles. The molecule has 4 rings (SSSR count). The summed E-state index contributed by atoms with van der Waals surface area (Å²) in [6, 6.07) is 7.31. The van der Waals surface area contributed by atoms with Crippen LogP contribution in [0.2, 0.25) is 0 Å². The van der Waals surface area contributed by atoms with Gasteiger partial charge in [0, 0.05) is 32.6 Å². The van der Waals surface area contributed by atoms with E-state index < -0.39 is 10.0 Å². The van der Waals surface area contributed by atoms with Crippen LogP contribution in [0.3, 0.4) is 0 Å². The molecule has 3 aliphatic rings. The minimum atomic E-state index is -3.48. The van der Waals surface area contributed by atoms with Gasteiger partial charge in [-0.1, -0.05) is 31.4 Å². The quantitative estimate of drug-likeness (QED) is 0.736. The predicted octanol–water partition coefficient (Wildman–Crippen LogP) is 2.36. The van der Waals surface area contributed by atoms with Crippen molar-refractivity contribution in [3.8, 4) is 0 Å². The van der Waals surface area contributed by atoms with E-state index in [1.165, 1.54) is 37.7 Å². The molecule has 2 aliphatic heterocycles. The minimum Gasteiger partial charge on any atom is -0.464 e. The van der Waals surface area contributed by atoms with Gasteiger partial charge in [0.25, 0.3) is 0 Å². The van der Waals surface area contributed by atoms with E-state index in [0.717, 1.165) is 0 Å². The Bertz CT molecular complexity index is 764. The number of ether oxygens (including phenoxy) is 1. The molecular weight excluding hydrogens is 364 g/mol. The Morgan fingerprint density at radius 1 is 0.889 bits per heavy atom. The van der Waals surface area contributed by atoms with Crippen LogP contribution < -0.4 is 0 Å². The molecule has 1 atom stereocenters. The molecule has 7 heteroatoms. The number of sulfonamides is 1. The summed E-state index contributed by atoms with van der Waals surface area (Å²) in [6.45, 7) is 2.43. The third-order valence-corrected chi connectivity index (χ3v) is 8.13. The number of cyclic esters (lactones) is 1. The smallest absolute Gasteiger partial charge is 0.323 e. The zero-order valence-electron chi connectivity index (χ0n) is 15.7. The molecule has 0 amide bonds. The van der Waals surface area contributed by atoms with Crippen LogP contribution in [0.4, 0.5) is 0 Å². The number of benzene rings is 1. The van der Waals surface area contributed by atoms with Crippen molar-refractivity contribution in [2.75, 3.05) is 32.8 Å². The Morgan fingerprint density at radius 2 is 1.56 bits per heavy atom. The van der Waals surface area contributed by atoms with Gasteiger partial charge in [-0.3, -0.25) is 9.69 Å². The van der Waals surface area contributed by atoms with Gasteiger partial charge in [0.15, 0.2) is 0 Å². The van der Waals surface area contributed by atoms with Crippen molar-refractivity contribution in [2.24, 2.45) is 0 Å². The predicted molar refractivity (Wildman–Crippen MR) is 102 cm³/mol. The topological polar surface area (TPSA) is 66.9 Å². The summed E-state index contributed by atoms with van der Waals surface area (Å²) in [6.07, 6.45) is 6.96. The van der Waals surface area contributed by atoms with Crippen LogP contribution in [-0.4, -0.2) is 62.4 Å². The highest BCUT2D eigenvalue weighted by molar-refractivity contribution is 7.89. The maximum absolute atomic E-state index is 13.0. The summed E-state index contributed by atoms with van der Waals surface area (Å²) in [5.41, 5.74) is 1.26. The maximum atomic E-state index is 13.0. The van der Waals surface area contributed by atoms with Gasteiger partial charge >= 0.3 is 5.97 Å². The van der Waals surface area contributed by atoms with E-state index in [-0.39, 0.29) is 12.0 Å². The lowest BCUT2D eigenvalue weighted by Crippen LogP contribution is -2.52. The number of esters is 1. The summed E-state index contributed by atoms with van der Waals surface area (Å²) in [4.78, 5) is 14.2. The lowest BCUT2D eigenvalue weighted by molar-refractivity contribution is -0.142. The second-order valence-corrected chi connectivity index (χ2v) is 9.75. The van der Waals surface area contributed by atoms with Crippen LogP contribution in [0.5, 0.6) is 0 Å². The van der Waals surface area contributed by atoms with Crippen molar-refractivity contribution in [3.05, 3.63) is 29.8 Å². The van der Waals surface area contributed by atoms with Crippen molar-refractivity contribution < 1.29 is 17.9 Å². The van der Waals surface area contributed by atoms with E-state index in [1.54, 1.807) is 16.4 Å². The van der Waals surface area contributed by atoms with Gasteiger partial charge in [-0.2, -0.15) is 4.31 Å². The Hall–Kier alpha value is -1.44. The zero-order chi connectivity index (χ0) is 18.9. The number of piperazine rings is 1. The number of rotatable bonds is 4. The molecule has 0 spiro atoms. The molecule has 148 valence electrons. The standard InChI is InChI=1S/C20H28N2O4S/c23-20-19(10-15-26-20)21-11-13-22(14-12-21)27(24,25)18-8-6-17(7-9-18)16-4-2-1-3-5-16/h6-9,16,19H,1-5,10-15H2. The van der Waals surface area contributed by atoms with Gasteiger partial charge in [-0.15, -0.1) is 0 Å². The molecule has 1 aromatic carbocycles. The molecule has 27 heavy (non-hydrogen) atoms. The molecule has 1 aliphatic carbocycles. The summed E-state index contributed by atoms with van der Waals surface area (Å²) in [5, 5.41) is 0. The molecule has 0 N–H and O–H groups in total. The normalized spacial score (nSPS) is 26.2. The van der Waals surface area contributed by atoms with Crippen LogP contribution in [0.1, 0.15) is 50.0 Å². The van der Waals surface area contributed by atoms with Crippen molar-refractivity contribution in [2.45, 2.75) is 55.4 Å². The Kier molecular flexibility index (Phi) is 5.53. The average Bonchev–Trinajstić information content (AvgIpc) is 3.15. The monoisotopic (exact) mass is 392 g/mol. The van der Waals surface area contributed by atoms with Crippen LogP contribution in [0, 0.1) is 0 Å². The summed E-state index contributed by atoms with van der Waals surface area (Å²) in [5.74, 6) is 0.398. The molecular formula is C20H28N2O4S. The van der Waals surface area contributed by atoms with Gasteiger partial charge in [0.2, 0.25) is 10.0 Å². The fourth-order valence-corrected chi connectivity index (χ4v) is 5.99. The highest BCUT2D eigenvalue weighted by Crippen LogP contribution is 2.33. The van der Waals surface area contributed by atoms with E-state index in [4.69, 9.17) is 4.74 Å². The van der Waals surface area contributed by atoms with Crippen molar-refractivity contribution >= 4 is 16.0 Å². The third kappa shape index (κ3) is 3.91. The first kappa shape index (κ1) is 18.9. The lowest BCUT2D eigenvalue weighted by Gasteiger charge is -2.35. The Balaban J connectivity index is 1.40. The second kappa shape index (κ2) is 7.89. The molecule has 2 heterocycles. The van der Waals surface area contributed by atoms with E-state index in [1.807, 2.05) is 17.0 Å². The number of carbonyl (C=O) groups is 1. The largest absolute Gasteiger partial charge is 0.464 e. The number of carbonyl (C=O) groups excluding carboxylic acids is 1. The molecule has 0 radical (unpaired) electrons. The lowest BCUT2D eigenvalue weighted by atomic mass is 9.84. The fourth-order valence-electron chi connectivity index (χ4n) is 4.57. The molecule has 1 aromatic rings. The van der Waals surface area contributed by atoms with Gasteiger partial charge in [0.1, 0.15) is 6.04 Å². The van der Waals surface area contributed by atoms with E-state index >= 15 is 0 Å². The SMILES string of the molecule is O=C1OCCC1N1CCN(S(=O)(=O)c2ccc(C3CCCCC3)cc2)CC1. The maximum Gasteiger partial charge on any atom is 0.323 e. The number of hydrogen-bond acceptors (Lipinski definition) is 5. The van der Waals surface area contributed by atoms with Crippen LogP contribution in [0.15, 0.2) is 29.2 Å². The molecule has 0 aromatic heterocycles. The van der Waals surface area contributed by atoms with E-state index in [0.29, 0.717) is 50.0 Å². The summed E-state index contributed by atoms with van der Waals surface area (Å²) >= 11 is 0. The summed E-state index contributed by atoms with van der Waals surface area (Å²) < 4.78 is 32.5. The van der Waals surface area contributed by atoms with Gasteiger partial charge in [0.05, 0.1) is 11.5 Å². The van der Waals surface area contributed by atoms with Gasteiger partial charge in [-0.05, 0) is 36.5 Å². The first-order valence-electron chi connectivity index (χ1n) is 10.1. The number of nitrogens with zero attached hydrogens (tertiary/aromatic N) is 2. The molecule has 6 nitrogen and oxygen atoms in total. The van der Waals surface area contributed by atoms with Crippen LogP contribution in [0.25, 0.3) is 0 Å². The van der Waals surface area contributed by atoms with Gasteiger partial charge < -0.3 is 4.74 Å². The Labute approximate surface area is 161 Å². The second-order valence-electron chi connectivity index (χ2n) is 7.82. The average molecular weight is 393 g/mol. The highest BCUT2D eigenvalue weighted by atomic mass is 32.2. The fraction of sp³-hybridized carbons (Fsp3) is 0.650. The van der Waals surface area contributed by atoms with E-state index in [9.17, 15) is 13.2 Å². The number of hydrogen-bond donors (Lipinski definition) is 0. The van der Waals surface area contributed by atoms with Crippen molar-refractivity contribution in [1.29, 1.82) is 0 Å². The third-order valence-electron chi connectivity index (χ3n) is 6.22. The first-order chi connectivity index (χ1) is 13.1. The molecule has 1 unspecified atom stereocenters. The van der Waals surface area contributed by atoms with E-state index in [2.05, 4.69) is 0 Å². The minimum absolute atomic E-state index is 0.176. The highest BCUT2D eigenvalue weighted by Gasteiger charge is 2.36. The van der Waals surface area contributed by atoms with Gasteiger partial charge in [-0.25, -0.2) is 8.42 Å². The van der Waals surface area contributed by atoms with Crippen LogP contribution >= 0.6 is 0 Å².